The first-order chi connectivity index (χ1) is 8.28. The van der Waals surface area contributed by atoms with Crippen LogP contribution in [0.25, 0.3) is 0 Å². The summed E-state index contributed by atoms with van der Waals surface area (Å²) in [5.41, 5.74) is 3.52. The molecule has 0 aliphatic heterocycles. The summed E-state index contributed by atoms with van der Waals surface area (Å²) in [6, 6.07) is 16.2. The maximum absolute atomic E-state index is 5.74. The van der Waals surface area contributed by atoms with Crippen molar-refractivity contribution in [3.63, 3.8) is 0 Å². The van der Waals surface area contributed by atoms with E-state index in [4.69, 9.17) is 16.3 Å². The van der Waals surface area contributed by atoms with Gasteiger partial charge in [-0.15, -0.1) is 11.6 Å². The molecule has 0 spiro atoms. The fourth-order valence-electron chi connectivity index (χ4n) is 1.53. The van der Waals surface area contributed by atoms with Gasteiger partial charge in [0.05, 0.1) is 0 Å². The van der Waals surface area contributed by atoms with Gasteiger partial charge in [0.1, 0.15) is 12.4 Å². The second-order valence-corrected chi connectivity index (χ2v) is 4.32. The topological polar surface area (TPSA) is 9.23 Å². The molecule has 2 rings (SSSR count). The fraction of sp³-hybridized carbons (Fsp3) is 0.200. The molecule has 0 heterocycles. The Kier molecular flexibility index (Phi) is 4.05. The van der Waals surface area contributed by atoms with Gasteiger partial charge < -0.3 is 4.74 Å². The fourth-order valence-corrected chi connectivity index (χ4v) is 1.70. The van der Waals surface area contributed by atoms with Gasteiger partial charge in [0.15, 0.2) is 0 Å². The maximum Gasteiger partial charge on any atom is 0.119 e. The van der Waals surface area contributed by atoms with Crippen LogP contribution in [-0.4, -0.2) is 0 Å². The Balaban J connectivity index is 1.95. The summed E-state index contributed by atoms with van der Waals surface area (Å²) in [6.07, 6.45) is 0. The predicted molar refractivity (Wildman–Crippen MR) is 71.5 cm³/mol. The average molecular weight is 247 g/mol. The molecular formula is C15H15ClO. The van der Waals surface area contributed by atoms with Crippen molar-refractivity contribution >= 4 is 11.6 Å². The number of benzene rings is 2. The summed E-state index contributed by atoms with van der Waals surface area (Å²) in [5.74, 6) is 1.45. The highest BCUT2D eigenvalue weighted by Gasteiger charge is 1.96. The quantitative estimate of drug-likeness (QED) is 0.731. The monoisotopic (exact) mass is 246 g/mol. The van der Waals surface area contributed by atoms with Crippen molar-refractivity contribution in [3.05, 3.63) is 65.2 Å². The van der Waals surface area contributed by atoms with Crippen molar-refractivity contribution in [3.8, 4) is 5.75 Å². The summed E-state index contributed by atoms with van der Waals surface area (Å²) >= 11 is 5.74. The summed E-state index contributed by atoms with van der Waals surface area (Å²) in [7, 11) is 0. The molecule has 0 fully saturated rings. The minimum atomic E-state index is 0.555. The van der Waals surface area contributed by atoms with E-state index in [-0.39, 0.29) is 0 Å². The van der Waals surface area contributed by atoms with E-state index in [2.05, 4.69) is 6.92 Å². The first kappa shape index (κ1) is 12.0. The first-order valence-corrected chi connectivity index (χ1v) is 6.14. The minimum absolute atomic E-state index is 0.555. The number of alkyl halides is 1. The summed E-state index contributed by atoms with van der Waals surface area (Å²) in [4.78, 5) is 0. The molecule has 88 valence electrons. The lowest BCUT2D eigenvalue weighted by Crippen LogP contribution is -1.95. The summed E-state index contributed by atoms with van der Waals surface area (Å²) in [6.45, 7) is 2.65. The molecule has 0 atom stereocenters. The van der Waals surface area contributed by atoms with Crippen molar-refractivity contribution in [2.24, 2.45) is 0 Å². The Labute approximate surface area is 107 Å². The van der Waals surface area contributed by atoms with Crippen LogP contribution in [0.4, 0.5) is 0 Å². The molecule has 0 amide bonds. The molecule has 0 unspecified atom stereocenters. The van der Waals surface area contributed by atoms with E-state index in [0.29, 0.717) is 12.5 Å². The van der Waals surface area contributed by atoms with Crippen molar-refractivity contribution in [1.29, 1.82) is 0 Å². The molecular weight excluding hydrogens is 232 g/mol. The minimum Gasteiger partial charge on any atom is -0.489 e. The Morgan fingerprint density at radius 1 is 0.882 bits per heavy atom. The molecule has 1 nitrogen and oxygen atoms in total. The number of hydrogen-bond donors (Lipinski definition) is 0. The molecule has 0 saturated heterocycles. The average Bonchev–Trinajstić information content (AvgIpc) is 2.39. The van der Waals surface area contributed by atoms with Crippen LogP contribution in [0.5, 0.6) is 5.75 Å². The van der Waals surface area contributed by atoms with E-state index in [1.165, 1.54) is 5.56 Å². The van der Waals surface area contributed by atoms with Crippen LogP contribution in [0, 0.1) is 6.92 Å². The Bertz CT molecular complexity index is 459. The van der Waals surface area contributed by atoms with E-state index in [1.807, 2.05) is 48.5 Å². The van der Waals surface area contributed by atoms with Gasteiger partial charge in [0, 0.05) is 5.88 Å². The van der Waals surface area contributed by atoms with Crippen LogP contribution in [0.3, 0.4) is 0 Å². The van der Waals surface area contributed by atoms with Gasteiger partial charge in [-0.2, -0.15) is 0 Å². The second-order valence-electron chi connectivity index (χ2n) is 4.05. The van der Waals surface area contributed by atoms with Gasteiger partial charge in [-0.3, -0.25) is 0 Å². The zero-order valence-corrected chi connectivity index (χ0v) is 10.6. The van der Waals surface area contributed by atoms with Crippen LogP contribution in [0.1, 0.15) is 16.7 Å². The van der Waals surface area contributed by atoms with Gasteiger partial charge in [-0.1, -0.05) is 42.0 Å². The molecule has 0 aliphatic rings. The van der Waals surface area contributed by atoms with Crippen molar-refractivity contribution in [2.75, 3.05) is 0 Å². The number of hydrogen-bond acceptors (Lipinski definition) is 1. The predicted octanol–water partition coefficient (Wildman–Crippen LogP) is 4.31. The first-order valence-electron chi connectivity index (χ1n) is 5.61. The van der Waals surface area contributed by atoms with Gasteiger partial charge in [-0.25, -0.2) is 0 Å². The van der Waals surface area contributed by atoms with Gasteiger partial charge in [0.25, 0.3) is 0 Å². The van der Waals surface area contributed by atoms with Crippen molar-refractivity contribution < 1.29 is 4.74 Å². The zero-order chi connectivity index (χ0) is 12.1. The lowest BCUT2D eigenvalue weighted by molar-refractivity contribution is 0.306. The molecule has 0 aromatic heterocycles. The van der Waals surface area contributed by atoms with Crippen LogP contribution in [-0.2, 0) is 12.5 Å². The number of halogens is 1. The largest absolute Gasteiger partial charge is 0.489 e. The third-order valence-corrected chi connectivity index (χ3v) is 2.91. The van der Waals surface area contributed by atoms with Crippen LogP contribution in [0.2, 0.25) is 0 Å². The Hall–Kier alpha value is -1.47. The van der Waals surface area contributed by atoms with Gasteiger partial charge in [0.2, 0.25) is 0 Å². The van der Waals surface area contributed by atoms with Crippen molar-refractivity contribution in [1.82, 2.24) is 0 Å². The summed E-state index contributed by atoms with van der Waals surface area (Å²) < 4.78 is 5.69. The highest BCUT2D eigenvalue weighted by Crippen LogP contribution is 2.14. The third kappa shape index (κ3) is 3.50. The molecule has 2 heteroatoms. The summed E-state index contributed by atoms with van der Waals surface area (Å²) in [5, 5.41) is 0. The van der Waals surface area contributed by atoms with Crippen LogP contribution in [0.15, 0.2) is 48.5 Å². The highest BCUT2D eigenvalue weighted by atomic mass is 35.5. The van der Waals surface area contributed by atoms with E-state index in [9.17, 15) is 0 Å². The Morgan fingerprint density at radius 2 is 1.47 bits per heavy atom. The van der Waals surface area contributed by atoms with E-state index in [1.54, 1.807) is 0 Å². The molecule has 2 aromatic carbocycles. The zero-order valence-electron chi connectivity index (χ0n) is 9.82. The highest BCUT2D eigenvalue weighted by molar-refractivity contribution is 6.17. The van der Waals surface area contributed by atoms with E-state index >= 15 is 0 Å². The molecule has 0 saturated carbocycles. The van der Waals surface area contributed by atoms with Crippen LogP contribution >= 0.6 is 11.6 Å². The number of rotatable bonds is 4. The standard InChI is InChI=1S/C15H15ClO/c1-12-2-8-15(9-3-12)17-11-14-6-4-13(10-16)5-7-14/h2-9H,10-11H2,1H3. The molecule has 0 N–H and O–H groups in total. The number of aryl methyl sites for hydroxylation is 1. The maximum atomic E-state index is 5.74. The lowest BCUT2D eigenvalue weighted by atomic mass is 10.2. The molecule has 0 bridgehead atoms. The van der Waals surface area contributed by atoms with Crippen molar-refractivity contribution in [2.45, 2.75) is 19.4 Å². The SMILES string of the molecule is Cc1ccc(OCc2ccc(CCl)cc2)cc1. The van der Waals surface area contributed by atoms with Gasteiger partial charge in [-0.05, 0) is 30.2 Å². The van der Waals surface area contributed by atoms with Gasteiger partial charge >= 0.3 is 0 Å². The number of ether oxygens (including phenoxy) is 1. The van der Waals surface area contributed by atoms with E-state index < -0.39 is 0 Å². The van der Waals surface area contributed by atoms with E-state index in [0.717, 1.165) is 16.9 Å². The smallest absolute Gasteiger partial charge is 0.119 e. The Morgan fingerprint density at radius 3 is 2.06 bits per heavy atom. The third-order valence-electron chi connectivity index (χ3n) is 2.60. The molecule has 0 aliphatic carbocycles. The normalized spacial score (nSPS) is 10.2. The molecule has 0 radical (unpaired) electrons. The molecule has 2 aromatic rings. The van der Waals surface area contributed by atoms with Crippen LogP contribution < -0.4 is 4.74 Å². The molecule has 17 heavy (non-hydrogen) atoms. The lowest BCUT2D eigenvalue weighted by Gasteiger charge is -2.07. The second kappa shape index (κ2) is 5.74.